The summed E-state index contributed by atoms with van der Waals surface area (Å²) in [4.78, 5) is 13.0. The van der Waals surface area contributed by atoms with Crippen LogP contribution in [-0.2, 0) is 11.2 Å². The fraction of sp³-hybridized carbons (Fsp3) is 0.417. The number of aliphatic hydroxyl groups is 2. The molecule has 0 fully saturated rings. The van der Waals surface area contributed by atoms with Crippen LogP contribution in [0, 0.1) is 0 Å². The van der Waals surface area contributed by atoms with Crippen molar-refractivity contribution in [1.29, 1.82) is 0 Å². The number of amides is 1. The summed E-state index contributed by atoms with van der Waals surface area (Å²) >= 11 is 1.53. The van der Waals surface area contributed by atoms with E-state index in [0.717, 1.165) is 4.90 Å². The molecule has 1 aromatic rings. The smallest absolute Gasteiger partial charge is 0.234 e. The minimum atomic E-state index is -0.563. The van der Waals surface area contributed by atoms with Gasteiger partial charge in [0.05, 0.1) is 24.5 Å². The molecule has 17 heavy (non-hydrogen) atoms. The van der Waals surface area contributed by atoms with Gasteiger partial charge in [0.2, 0.25) is 5.91 Å². The van der Waals surface area contributed by atoms with Crippen LogP contribution in [0.4, 0.5) is 0 Å². The first-order valence-corrected chi connectivity index (χ1v) is 6.39. The Morgan fingerprint density at radius 3 is 2.76 bits per heavy atom. The average Bonchev–Trinajstić information content (AvgIpc) is 2.79. The predicted molar refractivity (Wildman–Crippen MR) is 65.9 cm³/mol. The summed E-state index contributed by atoms with van der Waals surface area (Å²) in [6.45, 7) is -0.487. The molecule has 0 saturated heterocycles. The number of thioether (sulfide) groups is 1. The summed E-state index contributed by atoms with van der Waals surface area (Å²) < 4.78 is 0. The normalized spacial score (nSPS) is 18.2. The van der Waals surface area contributed by atoms with Crippen LogP contribution in [0.3, 0.4) is 0 Å². The van der Waals surface area contributed by atoms with Gasteiger partial charge >= 0.3 is 0 Å². The highest BCUT2D eigenvalue weighted by Crippen LogP contribution is 2.36. The Hall–Kier alpha value is -1.04. The molecule has 4 nitrogen and oxygen atoms in total. The van der Waals surface area contributed by atoms with Gasteiger partial charge in [0.1, 0.15) is 0 Å². The Balaban J connectivity index is 1.96. The highest BCUT2D eigenvalue weighted by Gasteiger charge is 2.28. The van der Waals surface area contributed by atoms with Crippen molar-refractivity contribution in [3.63, 3.8) is 0 Å². The van der Waals surface area contributed by atoms with Gasteiger partial charge in [0, 0.05) is 4.90 Å². The lowest BCUT2D eigenvalue weighted by Gasteiger charge is -2.16. The van der Waals surface area contributed by atoms with Crippen molar-refractivity contribution in [3.05, 3.63) is 29.8 Å². The van der Waals surface area contributed by atoms with Gasteiger partial charge < -0.3 is 15.5 Å². The molecule has 0 aromatic heterocycles. The molecule has 1 amide bonds. The van der Waals surface area contributed by atoms with Gasteiger partial charge in [-0.2, -0.15) is 0 Å². The maximum absolute atomic E-state index is 11.9. The Morgan fingerprint density at radius 2 is 2.12 bits per heavy atom. The van der Waals surface area contributed by atoms with Crippen molar-refractivity contribution < 1.29 is 15.0 Å². The summed E-state index contributed by atoms with van der Waals surface area (Å²) in [5.74, 6) is -0.126. The lowest BCUT2D eigenvalue weighted by Crippen LogP contribution is -2.44. The van der Waals surface area contributed by atoms with Gasteiger partial charge in [-0.15, -0.1) is 11.8 Å². The third-order valence-corrected chi connectivity index (χ3v) is 4.04. The number of aliphatic hydroxyl groups excluding tert-OH is 2. The first-order chi connectivity index (χ1) is 8.24. The SMILES string of the molecule is O=C(NC(CO)CO)C1Cc2ccccc2S1. The predicted octanol–water partition coefficient (Wildman–Crippen LogP) is 0.173. The second kappa shape index (κ2) is 5.53. The van der Waals surface area contributed by atoms with Crippen LogP contribution in [0.5, 0.6) is 0 Å². The van der Waals surface area contributed by atoms with E-state index in [4.69, 9.17) is 10.2 Å². The van der Waals surface area contributed by atoms with Crippen molar-refractivity contribution in [3.8, 4) is 0 Å². The molecule has 1 atom stereocenters. The van der Waals surface area contributed by atoms with E-state index in [1.807, 2.05) is 24.3 Å². The monoisotopic (exact) mass is 253 g/mol. The zero-order chi connectivity index (χ0) is 12.3. The molecule has 1 unspecified atom stereocenters. The minimum Gasteiger partial charge on any atom is -0.394 e. The summed E-state index contributed by atoms with van der Waals surface area (Å²) in [6.07, 6.45) is 0.705. The van der Waals surface area contributed by atoms with Crippen LogP contribution >= 0.6 is 11.8 Å². The van der Waals surface area contributed by atoms with Crippen LogP contribution < -0.4 is 5.32 Å². The maximum Gasteiger partial charge on any atom is 0.234 e. The number of hydrogen-bond donors (Lipinski definition) is 3. The Morgan fingerprint density at radius 1 is 1.41 bits per heavy atom. The number of carbonyl (C=O) groups excluding carboxylic acids is 1. The lowest BCUT2D eigenvalue weighted by molar-refractivity contribution is -0.121. The van der Waals surface area contributed by atoms with Crippen molar-refractivity contribution in [1.82, 2.24) is 5.32 Å². The van der Waals surface area contributed by atoms with Gasteiger partial charge in [0.15, 0.2) is 0 Å². The number of carbonyl (C=O) groups is 1. The van der Waals surface area contributed by atoms with E-state index in [-0.39, 0.29) is 24.4 Å². The molecule has 1 aliphatic heterocycles. The minimum absolute atomic E-state index is 0.126. The van der Waals surface area contributed by atoms with Gasteiger partial charge in [-0.25, -0.2) is 0 Å². The van der Waals surface area contributed by atoms with Crippen molar-refractivity contribution in [2.75, 3.05) is 13.2 Å². The van der Waals surface area contributed by atoms with Crippen LogP contribution in [-0.4, -0.2) is 40.6 Å². The molecule has 3 N–H and O–H groups in total. The van der Waals surface area contributed by atoms with Crippen molar-refractivity contribution in [2.24, 2.45) is 0 Å². The average molecular weight is 253 g/mol. The Labute approximate surface area is 104 Å². The molecular formula is C12H15NO3S. The summed E-state index contributed by atoms with van der Waals surface area (Å²) in [6, 6.07) is 7.38. The van der Waals surface area contributed by atoms with E-state index in [1.54, 1.807) is 0 Å². The third kappa shape index (κ3) is 2.80. The summed E-state index contributed by atoms with van der Waals surface area (Å²) in [5.41, 5.74) is 1.18. The fourth-order valence-electron chi connectivity index (χ4n) is 1.77. The van der Waals surface area contributed by atoms with E-state index in [2.05, 4.69) is 5.32 Å². The second-order valence-electron chi connectivity index (χ2n) is 3.99. The first kappa shape index (κ1) is 12.4. The molecule has 0 aliphatic carbocycles. The molecule has 0 spiro atoms. The number of benzene rings is 1. The fourth-order valence-corrected chi connectivity index (χ4v) is 2.98. The van der Waals surface area contributed by atoms with E-state index in [1.165, 1.54) is 17.3 Å². The molecule has 1 aromatic carbocycles. The van der Waals surface area contributed by atoms with Gasteiger partial charge in [0.25, 0.3) is 0 Å². The van der Waals surface area contributed by atoms with E-state index in [0.29, 0.717) is 6.42 Å². The maximum atomic E-state index is 11.9. The number of fused-ring (bicyclic) bond motifs is 1. The van der Waals surface area contributed by atoms with E-state index >= 15 is 0 Å². The Bertz CT molecular complexity index is 381. The summed E-state index contributed by atoms with van der Waals surface area (Å²) in [5, 5.41) is 20.3. The molecule has 5 heteroatoms. The van der Waals surface area contributed by atoms with E-state index in [9.17, 15) is 4.79 Å². The number of nitrogens with one attached hydrogen (secondary N) is 1. The van der Waals surface area contributed by atoms with Crippen LogP contribution in [0.2, 0.25) is 0 Å². The Kier molecular flexibility index (Phi) is 4.04. The highest BCUT2D eigenvalue weighted by atomic mass is 32.2. The molecule has 0 saturated carbocycles. The molecule has 0 bridgehead atoms. The molecule has 0 radical (unpaired) electrons. The van der Waals surface area contributed by atoms with Crippen LogP contribution in [0.15, 0.2) is 29.2 Å². The molecule has 2 rings (SSSR count). The van der Waals surface area contributed by atoms with Crippen LogP contribution in [0.1, 0.15) is 5.56 Å². The van der Waals surface area contributed by atoms with Gasteiger partial charge in [-0.3, -0.25) is 4.79 Å². The first-order valence-electron chi connectivity index (χ1n) is 5.51. The molecule has 1 aliphatic rings. The van der Waals surface area contributed by atoms with Crippen molar-refractivity contribution in [2.45, 2.75) is 22.6 Å². The zero-order valence-electron chi connectivity index (χ0n) is 9.30. The number of hydrogen-bond acceptors (Lipinski definition) is 4. The lowest BCUT2D eigenvalue weighted by atomic mass is 10.1. The molecule has 92 valence electrons. The molecule has 1 heterocycles. The van der Waals surface area contributed by atoms with Gasteiger partial charge in [-0.1, -0.05) is 18.2 Å². The third-order valence-electron chi connectivity index (χ3n) is 2.73. The van der Waals surface area contributed by atoms with Crippen LogP contribution in [0.25, 0.3) is 0 Å². The van der Waals surface area contributed by atoms with Crippen molar-refractivity contribution >= 4 is 17.7 Å². The summed E-state index contributed by atoms with van der Waals surface area (Å²) in [7, 11) is 0. The standard InChI is InChI=1S/C12H15NO3S/c14-6-9(7-15)13-12(16)11-5-8-3-1-2-4-10(8)17-11/h1-4,9,11,14-15H,5-7H2,(H,13,16). The van der Waals surface area contributed by atoms with Gasteiger partial charge in [-0.05, 0) is 18.1 Å². The largest absolute Gasteiger partial charge is 0.394 e. The molecular weight excluding hydrogens is 238 g/mol. The zero-order valence-corrected chi connectivity index (χ0v) is 10.1. The highest BCUT2D eigenvalue weighted by molar-refractivity contribution is 8.01. The topological polar surface area (TPSA) is 69.6 Å². The number of rotatable bonds is 4. The van der Waals surface area contributed by atoms with E-state index < -0.39 is 6.04 Å². The quantitative estimate of drug-likeness (QED) is 0.715. The second-order valence-corrected chi connectivity index (χ2v) is 5.23.